The highest BCUT2D eigenvalue weighted by Crippen LogP contribution is 2.36. The lowest BCUT2D eigenvalue weighted by atomic mass is 9.88. The number of halogens is 1. The zero-order valence-electron chi connectivity index (χ0n) is 32.7. The number of ether oxygens (including phenoxy) is 2. The van der Waals surface area contributed by atoms with Gasteiger partial charge in [-0.1, -0.05) is 78.9 Å². The van der Waals surface area contributed by atoms with Gasteiger partial charge in [0.15, 0.2) is 0 Å². The van der Waals surface area contributed by atoms with Crippen molar-refractivity contribution in [2.45, 2.75) is 38.3 Å². The number of piperidine rings is 1. The van der Waals surface area contributed by atoms with Gasteiger partial charge >= 0.3 is 0 Å². The van der Waals surface area contributed by atoms with Gasteiger partial charge in [-0.2, -0.15) is 0 Å². The van der Waals surface area contributed by atoms with E-state index < -0.39 is 11.9 Å². The number of allylic oxidation sites excluding steroid dienone is 1. The van der Waals surface area contributed by atoms with Crippen molar-refractivity contribution in [1.29, 1.82) is 0 Å². The number of rotatable bonds is 17. The average Bonchev–Trinajstić information content (AvgIpc) is 3.59. The van der Waals surface area contributed by atoms with E-state index in [2.05, 4.69) is 76.2 Å². The highest BCUT2D eigenvalue weighted by Gasteiger charge is 2.39. The van der Waals surface area contributed by atoms with Gasteiger partial charge in [0.25, 0.3) is 5.91 Å². The summed E-state index contributed by atoms with van der Waals surface area (Å²) in [6.45, 7) is 5.76. The first-order valence-corrected chi connectivity index (χ1v) is 20.6. The van der Waals surface area contributed by atoms with Crippen molar-refractivity contribution in [2.75, 3.05) is 70.3 Å². The second-order valence-electron chi connectivity index (χ2n) is 14.6. The predicted octanol–water partition coefficient (Wildman–Crippen LogP) is 6.08. The van der Waals surface area contributed by atoms with E-state index in [1.165, 1.54) is 11.1 Å². The third-order valence-electron chi connectivity index (χ3n) is 11.0. The molecule has 0 aromatic heterocycles. The van der Waals surface area contributed by atoms with Gasteiger partial charge in [-0.3, -0.25) is 29.4 Å². The van der Waals surface area contributed by atoms with Gasteiger partial charge in [0.2, 0.25) is 17.7 Å². The van der Waals surface area contributed by atoms with Crippen LogP contribution in [0.3, 0.4) is 0 Å². The molecule has 302 valence electrons. The van der Waals surface area contributed by atoms with Crippen molar-refractivity contribution >= 4 is 52.1 Å². The Hall–Kier alpha value is -5.49. The summed E-state index contributed by atoms with van der Waals surface area (Å²) < 4.78 is 12.0. The first-order chi connectivity index (χ1) is 28.4. The second-order valence-corrected chi connectivity index (χ2v) is 15.0. The summed E-state index contributed by atoms with van der Waals surface area (Å²) in [4.78, 5) is 55.8. The van der Waals surface area contributed by atoms with Gasteiger partial charge in [0.1, 0.15) is 18.4 Å². The Labute approximate surface area is 344 Å². The summed E-state index contributed by atoms with van der Waals surface area (Å²) in [5.74, 6) is 0.487. The molecule has 12 heteroatoms. The second kappa shape index (κ2) is 19.8. The molecule has 0 aliphatic carbocycles. The van der Waals surface area contributed by atoms with Gasteiger partial charge in [-0.05, 0) is 64.9 Å². The first kappa shape index (κ1) is 40.7. The number of alkyl halides is 1. The summed E-state index contributed by atoms with van der Waals surface area (Å²) in [6, 6.07) is 34.0. The molecule has 3 aliphatic heterocycles. The third-order valence-corrected chi connectivity index (χ3v) is 11.2. The average molecular weight is 804 g/mol. The summed E-state index contributed by atoms with van der Waals surface area (Å²) in [6.07, 6.45) is 1.60. The Morgan fingerprint density at radius 2 is 1.48 bits per heavy atom. The maximum absolute atomic E-state index is 13.1. The van der Waals surface area contributed by atoms with Crippen LogP contribution in [0.15, 0.2) is 103 Å². The van der Waals surface area contributed by atoms with E-state index in [0.29, 0.717) is 70.3 Å². The van der Waals surface area contributed by atoms with Crippen LogP contribution in [0.5, 0.6) is 5.75 Å². The number of carbonyl (C=O) groups excluding carboxylic acids is 4. The molecule has 2 fully saturated rings. The molecule has 2 saturated heterocycles. The Morgan fingerprint density at radius 1 is 0.776 bits per heavy atom. The standard InChI is InChI=1S/C46H50ClN5O6/c47-22-20-37(33-8-3-1-4-9-33)44(34-10-5-2-6-11-34)35-14-16-36(17-15-35)58-31-28-50-24-26-51(27-25-50)43(54)21-29-57-30-23-48-40-13-7-12-38-39(40)32-52(46(38)56)41-18-19-42(53)49-45(41)55/h1-17,41,48H,18-32H2,(H,49,53,55). The minimum absolute atomic E-state index is 0.0854. The van der Waals surface area contributed by atoms with Crippen LogP contribution in [-0.4, -0.2) is 109 Å². The van der Waals surface area contributed by atoms with Gasteiger partial charge in [0.05, 0.1) is 19.6 Å². The molecule has 4 aromatic carbocycles. The fourth-order valence-electron chi connectivity index (χ4n) is 7.93. The van der Waals surface area contributed by atoms with Crippen molar-refractivity contribution in [2.24, 2.45) is 0 Å². The molecule has 0 saturated carbocycles. The summed E-state index contributed by atoms with van der Waals surface area (Å²) in [7, 11) is 0. The topological polar surface area (TPSA) is 121 Å². The molecule has 0 radical (unpaired) electrons. The van der Waals surface area contributed by atoms with Crippen molar-refractivity contribution in [3.05, 3.63) is 131 Å². The van der Waals surface area contributed by atoms with Gasteiger partial charge < -0.3 is 24.6 Å². The smallest absolute Gasteiger partial charge is 0.255 e. The number of nitrogens with zero attached hydrogens (tertiary/aromatic N) is 3. The maximum Gasteiger partial charge on any atom is 0.255 e. The van der Waals surface area contributed by atoms with E-state index in [4.69, 9.17) is 21.1 Å². The number of imide groups is 1. The number of hydrogen-bond acceptors (Lipinski definition) is 8. The number of nitrogens with one attached hydrogen (secondary N) is 2. The molecule has 0 spiro atoms. The SMILES string of the molecule is O=C1CCC(N2Cc3c(NCCOCCC(=O)N4CCN(CCOc5ccc(C(=C(CCCl)c6ccccc6)c6ccccc6)cc5)CC4)cccc3C2=O)C(=O)N1. The van der Waals surface area contributed by atoms with Crippen LogP contribution >= 0.6 is 11.6 Å². The maximum atomic E-state index is 13.1. The Kier molecular flexibility index (Phi) is 13.9. The van der Waals surface area contributed by atoms with Gasteiger partial charge in [-0.25, -0.2) is 0 Å². The molecule has 11 nitrogen and oxygen atoms in total. The lowest BCUT2D eigenvalue weighted by Crippen LogP contribution is -2.52. The molecule has 58 heavy (non-hydrogen) atoms. The molecule has 1 atom stereocenters. The van der Waals surface area contributed by atoms with Crippen LogP contribution in [-0.2, 0) is 25.7 Å². The van der Waals surface area contributed by atoms with Crippen LogP contribution < -0.4 is 15.4 Å². The van der Waals surface area contributed by atoms with E-state index in [1.807, 2.05) is 41.3 Å². The molecular formula is C46H50ClN5O6. The van der Waals surface area contributed by atoms with Crippen molar-refractivity contribution in [1.82, 2.24) is 20.0 Å². The van der Waals surface area contributed by atoms with Crippen LogP contribution in [0.2, 0.25) is 0 Å². The number of benzene rings is 4. The minimum atomic E-state index is -0.655. The lowest BCUT2D eigenvalue weighted by molar-refractivity contribution is -0.137. The highest BCUT2D eigenvalue weighted by molar-refractivity contribution is 6.18. The predicted molar refractivity (Wildman–Crippen MR) is 226 cm³/mol. The number of hydrogen-bond donors (Lipinski definition) is 2. The molecule has 0 bridgehead atoms. The van der Waals surface area contributed by atoms with Crippen molar-refractivity contribution in [3.63, 3.8) is 0 Å². The first-order valence-electron chi connectivity index (χ1n) is 20.1. The van der Waals surface area contributed by atoms with E-state index in [1.54, 1.807) is 11.0 Å². The molecular weight excluding hydrogens is 754 g/mol. The summed E-state index contributed by atoms with van der Waals surface area (Å²) in [5, 5.41) is 5.68. The van der Waals surface area contributed by atoms with E-state index in [0.717, 1.165) is 59.7 Å². The molecule has 1 unspecified atom stereocenters. The Bertz CT molecular complexity index is 2090. The normalized spacial score (nSPS) is 17.5. The van der Waals surface area contributed by atoms with Crippen LogP contribution in [0, 0.1) is 0 Å². The van der Waals surface area contributed by atoms with Crippen molar-refractivity contribution < 1.29 is 28.7 Å². The summed E-state index contributed by atoms with van der Waals surface area (Å²) >= 11 is 6.32. The zero-order valence-corrected chi connectivity index (χ0v) is 33.4. The largest absolute Gasteiger partial charge is 0.492 e. The summed E-state index contributed by atoms with van der Waals surface area (Å²) in [5.41, 5.74) is 8.00. The minimum Gasteiger partial charge on any atom is -0.492 e. The highest BCUT2D eigenvalue weighted by atomic mass is 35.5. The molecule has 7 rings (SSSR count). The number of anilines is 1. The lowest BCUT2D eigenvalue weighted by Gasteiger charge is -2.34. The van der Waals surface area contributed by atoms with Crippen LogP contribution in [0.1, 0.15) is 58.3 Å². The molecule has 4 amide bonds. The van der Waals surface area contributed by atoms with E-state index in [-0.39, 0.29) is 24.1 Å². The molecule has 4 aromatic rings. The fraction of sp³-hybridized carbons (Fsp3) is 0.348. The number of piperazine rings is 1. The molecule has 2 N–H and O–H groups in total. The Morgan fingerprint density at radius 3 is 2.19 bits per heavy atom. The number of amides is 4. The van der Waals surface area contributed by atoms with Gasteiger partial charge in [-0.15, -0.1) is 11.6 Å². The molecule has 3 aliphatic rings. The quantitative estimate of drug-likeness (QED) is 0.0571. The number of fused-ring (bicyclic) bond motifs is 1. The zero-order chi connectivity index (χ0) is 40.3. The van der Waals surface area contributed by atoms with Crippen molar-refractivity contribution in [3.8, 4) is 5.75 Å². The number of carbonyl (C=O) groups is 4. The Balaban J connectivity index is 0.808. The molecule has 3 heterocycles. The van der Waals surface area contributed by atoms with Crippen LogP contribution in [0.4, 0.5) is 5.69 Å². The van der Waals surface area contributed by atoms with Crippen LogP contribution in [0.25, 0.3) is 11.1 Å². The van der Waals surface area contributed by atoms with Gasteiger partial charge in [0, 0.05) is 74.9 Å². The van der Waals surface area contributed by atoms with E-state index in [9.17, 15) is 19.2 Å². The fourth-order valence-corrected chi connectivity index (χ4v) is 8.12. The monoisotopic (exact) mass is 803 g/mol. The third kappa shape index (κ3) is 9.96. The van der Waals surface area contributed by atoms with E-state index >= 15 is 0 Å².